The van der Waals surface area contributed by atoms with Crippen molar-refractivity contribution in [3.8, 4) is 0 Å². The zero-order valence-electron chi connectivity index (χ0n) is 14.7. The van der Waals surface area contributed by atoms with Crippen LogP contribution in [0, 0.1) is 6.92 Å². The van der Waals surface area contributed by atoms with E-state index >= 15 is 0 Å². The second-order valence-electron chi connectivity index (χ2n) is 6.70. The molecule has 2 heterocycles. The minimum atomic E-state index is 0.129. The third-order valence-corrected chi connectivity index (χ3v) is 5.01. The van der Waals surface area contributed by atoms with Crippen LogP contribution in [0.3, 0.4) is 0 Å². The van der Waals surface area contributed by atoms with E-state index < -0.39 is 0 Å². The minimum Gasteiger partial charge on any atom is -0.355 e. The third kappa shape index (κ3) is 3.88. The highest BCUT2D eigenvalue weighted by atomic mass is 16.2. The van der Waals surface area contributed by atoms with Crippen LogP contribution >= 0.6 is 0 Å². The SMILES string of the molecule is Cc1ccccc1CCNC(=O)CN1CCC[C@@H]1c1cccn1C. The molecule has 1 N–H and O–H groups in total. The summed E-state index contributed by atoms with van der Waals surface area (Å²) >= 11 is 0. The van der Waals surface area contributed by atoms with Gasteiger partial charge in [-0.15, -0.1) is 0 Å². The lowest BCUT2D eigenvalue weighted by atomic mass is 10.1. The number of aromatic nitrogens is 1. The molecular weight excluding hydrogens is 298 g/mol. The predicted octanol–water partition coefficient (Wildman–Crippen LogP) is 2.83. The van der Waals surface area contributed by atoms with E-state index in [4.69, 9.17) is 0 Å². The van der Waals surface area contributed by atoms with Gasteiger partial charge in [-0.25, -0.2) is 0 Å². The molecule has 0 spiro atoms. The summed E-state index contributed by atoms with van der Waals surface area (Å²) in [7, 11) is 2.08. The number of carbonyl (C=O) groups is 1. The highest BCUT2D eigenvalue weighted by Gasteiger charge is 2.28. The van der Waals surface area contributed by atoms with Crippen LogP contribution in [0.15, 0.2) is 42.6 Å². The lowest BCUT2D eigenvalue weighted by molar-refractivity contribution is -0.122. The van der Waals surface area contributed by atoms with Crippen LogP contribution in [-0.2, 0) is 18.3 Å². The summed E-state index contributed by atoms with van der Waals surface area (Å²) in [4.78, 5) is 14.6. The topological polar surface area (TPSA) is 37.3 Å². The van der Waals surface area contributed by atoms with Crippen LogP contribution in [0.5, 0.6) is 0 Å². The number of benzene rings is 1. The molecule has 0 saturated carbocycles. The maximum atomic E-state index is 12.3. The van der Waals surface area contributed by atoms with E-state index in [9.17, 15) is 4.79 Å². The van der Waals surface area contributed by atoms with Crippen molar-refractivity contribution < 1.29 is 4.79 Å². The molecule has 4 nitrogen and oxygen atoms in total. The molecule has 0 bridgehead atoms. The Kier molecular flexibility index (Phi) is 5.36. The van der Waals surface area contributed by atoms with Crippen molar-refractivity contribution in [2.24, 2.45) is 7.05 Å². The molecule has 0 radical (unpaired) electrons. The molecule has 128 valence electrons. The van der Waals surface area contributed by atoms with Crippen LogP contribution in [-0.4, -0.2) is 35.0 Å². The summed E-state index contributed by atoms with van der Waals surface area (Å²) in [5, 5.41) is 3.08. The van der Waals surface area contributed by atoms with Gasteiger partial charge in [0.15, 0.2) is 0 Å². The first kappa shape index (κ1) is 16.8. The molecule has 4 heteroatoms. The molecule has 1 atom stereocenters. The summed E-state index contributed by atoms with van der Waals surface area (Å²) in [5.74, 6) is 0.129. The van der Waals surface area contributed by atoms with E-state index in [0.29, 0.717) is 19.1 Å². The summed E-state index contributed by atoms with van der Waals surface area (Å²) in [6.07, 6.45) is 5.26. The highest BCUT2D eigenvalue weighted by molar-refractivity contribution is 5.78. The predicted molar refractivity (Wildman–Crippen MR) is 96.9 cm³/mol. The van der Waals surface area contributed by atoms with E-state index in [1.54, 1.807) is 0 Å². The smallest absolute Gasteiger partial charge is 0.234 e. The van der Waals surface area contributed by atoms with E-state index in [-0.39, 0.29) is 5.91 Å². The van der Waals surface area contributed by atoms with Crippen molar-refractivity contribution in [1.82, 2.24) is 14.8 Å². The molecule has 1 amide bonds. The molecule has 0 unspecified atom stereocenters. The Morgan fingerprint density at radius 3 is 2.83 bits per heavy atom. The van der Waals surface area contributed by atoms with Crippen molar-refractivity contribution >= 4 is 5.91 Å². The van der Waals surface area contributed by atoms with Gasteiger partial charge in [-0.1, -0.05) is 24.3 Å². The van der Waals surface area contributed by atoms with Crippen molar-refractivity contribution in [2.45, 2.75) is 32.2 Å². The van der Waals surface area contributed by atoms with Gasteiger partial charge in [0.1, 0.15) is 0 Å². The van der Waals surface area contributed by atoms with Gasteiger partial charge in [0.2, 0.25) is 5.91 Å². The second kappa shape index (κ2) is 7.67. The van der Waals surface area contributed by atoms with Crippen LogP contribution in [0.2, 0.25) is 0 Å². The zero-order valence-corrected chi connectivity index (χ0v) is 14.7. The van der Waals surface area contributed by atoms with Crippen LogP contribution < -0.4 is 5.32 Å². The first-order valence-electron chi connectivity index (χ1n) is 8.81. The quantitative estimate of drug-likeness (QED) is 0.887. The van der Waals surface area contributed by atoms with Crippen molar-refractivity contribution in [3.63, 3.8) is 0 Å². The zero-order chi connectivity index (χ0) is 16.9. The lowest BCUT2D eigenvalue weighted by Crippen LogP contribution is -2.38. The fourth-order valence-electron chi connectivity index (χ4n) is 3.64. The molecular formula is C20H27N3O. The summed E-state index contributed by atoms with van der Waals surface area (Å²) in [6.45, 7) is 4.31. The second-order valence-corrected chi connectivity index (χ2v) is 6.70. The largest absolute Gasteiger partial charge is 0.355 e. The van der Waals surface area contributed by atoms with E-state index in [2.05, 4.69) is 71.4 Å². The Morgan fingerprint density at radius 1 is 1.25 bits per heavy atom. The molecule has 1 fully saturated rings. The first-order chi connectivity index (χ1) is 11.6. The van der Waals surface area contributed by atoms with Gasteiger partial charge in [0, 0.05) is 25.5 Å². The summed E-state index contributed by atoms with van der Waals surface area (Å²) in [5.41, 5.74) is 3.90. The van der Waals surface area contributed by atoms with Gasteiger partial charge in [0.05, 0.1) is 12.6 Å². The molecule has 24 heavy (non-hydrogen) atoms. The number of hydrogen-bond acceptors (Lipinski definition) is 2. The van der Waals surface area contributed by atoms with Gasteiger partial charge >= 0.3 is 0 Å². The van der Waals surface area contributed by atoms with Crippen molar-refractivity contribution in [2.75, 3.05) is 19.6 Å². The van der Waals surface area contributed by atoms with Crippen LogP contribution in [0.25, 0.3) is 0 Å². The molecule has 1 saturated heterocycles. The van der Waals surface area contributed by atoms with Gasteiger partial charge in [-0.3, -0.25) is 9.69 Å². The van der Waals surface area contributed by atoms with Gasteiger partial charge in [-0.05, 0) is 56.0 Å². The Bertz CT molecular complexity index is 692. The molecule has 1 aromatic carbocycles. The van der Waals surface area contributed by atoms with E-state index in [0.717, 1.165) is 25.8 Å². The average Bonchev–Trinajstić information content (AvgIpc) is 3.17. The summed E-state index contributed by atoms with van der Waals surface area (Å²) < 4.78 is 2.17. The van der Waals surface area contributed by atoms with Gasteiger partial charge in [-0.2, -0.15) is 0 Å². The molecule has 3 rings (SSSR count). The summed E-state index contributed by atoms with van der Waals surface area (Å²) in [6, 6.07) is 13.0. The van der Waals surface area contributed by atoms with Crippen LogP contribution in [0.4, 0.5) is 0 Å². The molecule has 1 aliphatic heterocycles. The monoisotopic (exact) mass is 325 g/mol. The molecule has 0 aliphatic carbocycles. The standard InChI is InChI=1S/C20H27N3O/c1-16-7-3-4-8-17(16)11-12-21-20(24)15-23-14-6-10-19(23)18-9-5-13-22(18)2/h3-5,7-9,13,19H,6,10-12,14-15H2,1-2H3,(H,21,24)/t19-/m1/s1. The number of likely N-dealkylation sites (tertiary alicyclic amines) is 1. The van der Waals surface area contributed by atoms with Crippen molar-refractivity contribution in [1.29, 1.82) is 0 Å². The number of amides is 1. The average molecular weight is 325 g/mol. The number of aryl methyl sites for hydroxylation is 2. The van der Waals surface area contributed by atoms with Gasteiger partial charge in [0.25, 0.3) is 0 Å². The fraction of sp³-hybridized carbons (Fsp3) is 0.450. The number of hydrogen-bond donors (Lipinski definition) is 1. The Balaban J connectivity index is 1.49. The number of nitrogens with zero attached hydrogens (tertiary/aromatic N) is 2. The molecule has 1 aromatic heterocycles. The normalized spacial score (nSPS) is 18.0. The highest BCUT2D eigenvalue weighted by Crippen LogP contribution is 2.31. The maximum absolute atomic E-state index is 12.3. The van der Waals surface area contributed by atoms with Gasteiger partial charge < -0.3 is 9.88 Å². The van der Waals surface area contributed by atoms with E-state index in [1.165, 1.54) is 16.8 Å². The lowest BCUT2D eigenvalue weighted by Gasteiger charge is -2.24. The fourth-order valence-corrected chi connectivity index (χ4v) is 3.64. The minimum absolute atomic E-state index is 0.129. The Morgan fingerprint density at radius 2 is 2.08 bits per heavy atom. The maximum Gasteiger partial charge on any atom is 0.234 e. The Labute approximate surface area is 144 Å². The third-order valence-electron chi connectivity index (χ3n) is 5.01. The number of carbonyl (C=O) groups excluding carboxylic acids is 1. The molecule has 2 aromatic rings. The molecule has 1 aliphatic rings. The Hall–Kier alpha value is -2.07. The number of rotatable bonds is 6. The van der Waals surface area contributed by atoms with E-state index in [1.807, 2.05) is 0 Å². The first-order valence-corrected chi connectivity index (χ1v) is 8.81. The van der Waals surface area contributed by atoms with Crippen LogP contribution in [0.1, 0.15) is 35.7 Å². The van der Waals surface area contributed by atoms with Crippen molar-refractivity contribution in [3.05, 3.63) is 59.4 Å². The number of nitrogens with one attached hydrogen (secondary N) is 1.